The molecule has 0 unspecified atom stereocenters. The lowest BCUT2D eigenvalue weighted by Gasteiger charge is -2.31. The van der Waals surface area contributed by atoms with Crippen molar-refractivity contribution < 1.29 is 9.59 Å². The smallest absolute Gasteiger partial charge is 0.243 e. The molecule has 1 atom stereocenters. The molecule has 0 aliphatic rings. The van der Waals surface area contributed by atoms with Gasteiger partial charge in [-0.3, -0.25) is 9.59 Å². The highest BCUT2D eigenvalue weighted by molar-refractivity contribution is 7.99. The fraction of sp³-hybridized carbons (Fsp3) is 0.259. The van der Waals surface area contributed by atoms with Gasteiger partial charge < -0.3 is 10.2 Å². The molecule has 0 bridgehead atoms. The Morgan fingerprint density at radius 3 is 2.18 bits per heavy atom. The highest BCUT2D eigenvalue weighted by Crippen LogP contribution is 2.21. The van der Waals surface area contributed by atoms with Crippen molar-refractivity contribution in [2.45, 2.75) is 37.2 Å². The number of carbonyl (C=O) groups excluding carboxylic acids is 2. The zero-order chi connectivity index (χ0) is 23.5. The molecule has 3 aromatic rings. The predicted molar refractivity (Wildman–Crippen MR) is 136 cm³/mol. The van der Waals surface area contributed by atoms with Gasteiger partial charge in [-0.05, 0) is 42.3 Å². The largest absolute Gasteiger partial charge is 0.355 e. The highest BCUT2D eigenvalue weighted by Gasteiger charge is 2.29. The van der Waals surface area contributed by atoms with Gasteiger partial charge in [-0.2, -0.15) is 0 Å². The minimum atomic E-state index is -0.600. The number of likely N-dealkylation sites (N-methyl/N-ethyl adjacent to an activating group) is 1. The Balaban J connectivity index is 1.81. The number of hydrogen-bond acceptors (Lipinski definition) is 3. The molecule has 0 aliphatic carbocycles. The number of thioether (sulfide) groups is 1. The summed E-state index contributed by atoms with van der Waals surface area (Å²) in [5.41, 5.74) is 1.95. The molecule has 0 radical (unpaired) electrons. The van der Waals surface area contributed by atoms with E-state index in [9.17, 15) is 9.59 Å². The van der Waals surface area contributed by atoms with Crippen LogP contribution in [0.3, 0.4) is 0 Å². The molecule has 0 heterocycles. The number of rotatable bonds is 11. The average Bonchev–Trinajstić information content (AvgIpc) is 2.84. The molecule has 2 amide bonds. The number of amides is 2. The Hall–Kier alpha value is -2.76. The Labute approximate surface area is 205 Å². The third kappa shape index (κ3) is 7.95. The van der Waals surface area contributed by atoms with Gasteiger partial charge in [0.1, 0.15) is 6.04 Å². The van der Waals surface area contributed by atoms with Crippen LogP contribution in [-0.2, 0) is 22.6 Å². The lowest BCUT2D eigenvalue weighted by molar-refractivity contribution is -0.140. The van der Waals surface area contributed by atoms with E-state index in [4.69, 9.17) is 11.6 Å². The van der Waals surface area contributed by atoms with Crippen LogP contribution in [0.2, 0.25) is 5.02 Å². The third-order valence-electron chi connectivity index (χ3n) is 5.22. The van der Waals surface area contributed by atoms with Crippen molar-refractivity contribution in [1.82, 2.24) is 10.2 Å². The van der Waals surface area contributed by atoms with Crippen molar-refractivity contribution in [1.29, 1.82) is 0 Å². The fourth-order valence-electron chi connectivity index (χ4n) is 3.55. The zero-order valence-corrected chi connectivity index (χ0v) is 20.3. The monoisotopic (exact) mass is 480 g/mol. The van der Waals surface area contributed by atoms with E-state index in [-0.39, 0.29) is 11.8 Å². The van der Waals surface area contributed by atoms with E-state index in [0.717, 1.165) is 16.0 Å². The SMILES string of the molecule is CCNC(=O)[C@@H](Cc1ccccc1)N(Cc1ccc(Cl)cc1)C(=O)CCSc1ccccc1. The van der Waals surface area contributed by atoms with Crippen molar-refractivity contribution in [2.75, 3.05) is 12.3 Å². The number of nitrogens with one attached hydrogen (secondary N) is 1. The maximum Gasteiger partial charge on any atom is 0.243 e. The minimum Gasteiger partial charge on any atom is -0.355 e. The van der Waals surface area contributed by atoms with Crippen LogP contribution in [0.5, 0.6) is 0 Å². The normalized spacial score (nSPS) is 11.6. The summed E-state index contributed by atoms with van der Waals surface area (Å²) in [5.74, 6) is 0.466. The number of halogens is 1. The predicted octanol–water partition coefficient (Wildman–Crippen LogP) is 5.60. The van der Waals surface area contributed by atoms with Crippen LogP contribution in [0, 0.1) is 0 Å². The Morgan fingerprint density at radius 2 is 1.55 bits per heavy atom. The molecule has 0 aliphatic heterocycles. The molecule has 0 saturated carbocycles. The standard InChI is InChI=1S/C27H29ClN2O2S/c1-2-29-27(32)25(19-21-9-5-3-6-10-21)30(20-22-13-15-23(28)16-14-22)26(31)17-18-33-24-11-7-4-8-12-24/h3-16,25H,2,17-20H2,1H3,(H,29,32)/t25-/m1/s1. The summed E-state index contributed by atoms with van der Waals surface area (Å²) in [7, 11) is 0. The topological polar surface area (TPSA) is 49.4 Å². The van der Waals surface area contributed by atoms with Gasteiger partial charge >= 0.3 is 0 Å². The van der Waals surface area contributed by atoms with Gasteiger partial charge in [0.25, 0.3) is 0 Å². The second-order valence-corrected chi connectivity index (χ2v) is 9.26. The van der Waals surface area contributed by atoms with Crippen molar-refractivity contribution in [3.05, 3.63) is 101 Å². The van der Waals surface area contributed by atoms with Crippen molar-refractivity contribution in [2.24, 2.45) is 0 Å². The molecule has 0 saturated heterocycles. The summed E-state index contributed by atoms with van der Waals surface area (Å²) in [6.07, 6.45) is 0.801. The first-order chi connectivity index (χ1) is 16.1. The van der Waals surface area contributed by atoms with Crippen LogP contribution >= 0.6 is 23.4 Å². The van der Waals surface area contributed by atoms with E-state index in [1.165, 1.54) is 0 Å². The number of nitrogens with zero attached hydrogens (tertiary/aromatic N) is 1. The summed E-state index contributed by atoms with van der Waals surface area (Å²) in [6.45, 7) is 2.75. The Bertz CT molecular complexity index is 1010. The summed E-state index contributed by atoms with van der Waals surface area (Å²) in [5, 5.41) is 3.56. The Morgan fingerprint density at radius 1 is 0.909 bits per heavy atom. The van der Waals surface area contributed by atoms with Gasteiger partial charge in [0, 0.05) is 41.6 Å². The maximum absolute atomic E-state index is 13.5. The molecule has 4 nitrogen and oxygen atoms in total. The molecule has 3 rings (SSSR count). The van der Waals surface area contributed by atoms with Gasteiger partial charge in [-0.1, -0.05) is 72.3 Å². The van der Waals surface area contributed by atoms with E-state index in [1.54, 1.807) is 16.7 Å². The lowest BCUT2D eigenvalue weighted by Crippen LogP contribution is -2.50. The summed E-state index contributed by atoms with van der Waals surface area (Å²) < 4.78 is 0. The molecule has 33 heavy (non-hydrogen) atoms. The van der Waals surface area contributed by atoms with Crippen LogP contribution < -0.4 is 5.32 Å². The maximum atomic E-state index is 13.5. The molecule has 0 spiro atoms. The quantitative estimate of drug-likeness (QED) is 0.363. The van der Waals surface area contributed by atoms with Gasteiger partial charge in [0.2, 0.25) is 11.8 Å². The van der Waals surface area contributed by atoms with Crippen LogP contribution in [0.15, 0.2) is 89.8 Å². The van der Waals surface area contributed by atoms with E-state index < -0.39 is 6.04 Å². The zero-order valence-electron chi connectivity index (χ0n) is 18.7. The summed E-state index contributed by atoms with van der Waals surface area (Å²) in [4.78, 5) is 29.4. The third-order valence-corrected chi connectivity index (χ3v) is 6.48. The molecule has 3 aromatic carbocycles. The van der Waals surface area contributed by atoms with Crippen LogP contribution in [0.4, 0.5) is 0 Å². The van der Waals surface area contributed by atoms with Crippen LogP contribution in [0.1, 0.15) is 24.5 Å². The molecule has 172 valence electrons. The first-order valence-corrected chi connectivity index (χ1v) is 12.5. The first kappa shape index (κ1) is 24.9. The van der Waals surface area contributed by atoms with Crippen molar-refractivity contribution in [3.63, 3.8) is 0 Å². The molecule has 6 heteroatoms. The lowest BCUT2D eigenvalue weighted by atomic mass is 10.0. The second kappa shape index (κ2) is 13.1. The van der Waals surface area contributed by atoms with Gasteiger partial charge in [0.15, 0.2) is 0 Å². The minimum absolute atomic E-state index is 0.0411. The van der Waals surface area contributed by atoms with Gasteiger partial charge in [-0.15, -0.1) is 11.8 Å². The average molecular weight is 481 g/mol. The fourth-order valence-corrected chi connectivity index (χ4v) is 4.54. The number of hydrogen-bond donors (Lipinski definition) is 1. The van der Waals surface area contributed by atoms with E-state index in [1.807, 2.05) is 91.9 Å². The van der Waals surface area contributed by atoms with E-state index in [2.05, 4.69) is 5.32 Å². The van der Waals surface area contributed by atoms with Gasteiger partial charge in [-0.25, -0.2) is 0 Å². The van der Waals surface area contributed by atoms with Crippen molar-refractivity contribution in [3.8, 4) is 0 Å². The highest BCUT2D eigenvalue weighted by atomic mass is 35.5. The molecule has 1 N–H and O–H groups in total. The van der Waals surface area contributed by atoms with E-state index in [0.29, 0.717) is 36.7 Å². The Kier molecular flexibility index (Phi) is 9.85. The first-order valence-electron chi connectivity index (χ1n) is 11.1. The van der Waals surface area contributed by atoms with Crippen LogP contribution in [-0.4, -0.2) is 35.1 Å². The summed E-state index contributed by atoms with van der Waals surface area (Å²) >= 11 is 7.69. The van der Waals surface area contributed by atoms with E-state index >= 15 is 0 Å². The van der Waals surface area contributed by atoms with Gasteiger partial charge in [0.05, 0.1) is 0 Å². The van der Waals surface area contributed by atoms with Crippen molar-refractivity contribution >= 4 is 35.2 Å². The molecule has 0 aromatic heterocycles. The van der Waals surface area contributed by atoms with Crippen LogP contribution in [0.25, 0.3) is 0 Å². The summed E-state index contributed by atoms with van der Waals surface area (Å²) in [6, 6.07) is 26.7. The number of benzene rings is 3. The molecular weight excluding hydrogens is 452 g/mol. The molecule has 0 fully saturated rings. The molecular formula is C27H29ClN2O2S. The second-order valence-electron chi connectivity index (χ2n) is 7.66. The number of carbonyl (C=O) groups is 2.